The molecular formula is C24H40N2P+. The number of fused-ring (bicyclic) bond motifs is 3. The van der Waals surface area contributed by atoms with Crippen LogP contribution in [-0.2, 0) is 5.41 Å². The second kappa shape index (κ2) is 7.78. The van der Waals surface area contributed by atoms with Crippen molar-refractivity contribution in [3.8, 4) is 0 Å². The molecule has 0 saturated carbocycles. The number of benzene rings is 1. The van der Waals surface area contributed by atoms with Gasteiger partial charge in [0.1, 0.15) is 6.17 Å². The first kappa shape index (κ1) is 20.7. The van der Waals surface area contributed by atoms with Crippen molar-refractivity contribution >= 4 is 18.3 Å². The van der Waals surface area contributed by atoms with Gasteiger partial charge in [0.15, 0.2) is 0 Å². The van der Waals surface area contributed by atoms with Gasteiger partial charge in [0, 0.05) is 44.1 Å². The summed E-state index contributed by atoms with van der Waals surface area (Å²) in [4.78, 5) is 4.97. The van der Waals surface area contributed by atoms with Crippen LogP contribution in [-0.4, -0.2) is 37.6 Å². The first-order valence-corrected chi connectivity index (χ1v) is 13.9. The van der Waals surface area contributed by atoms with Crippen molar-refractivity contribution in [2.45, 2.75) is 71.4 Å². The summed E-state index contributed by atoms with van der Waals surface area (Å²) in [5.74, 6) is 0.609. The van der Waals surface area contributed by atoms with Crippen molar-refractivity contribution in [2.75, 3.05) is 31.4 Å². The number of nitrogens with zero attached hydrogens (tertiary/aromatic N) is 2. The maximum Gasteiger partial charge on any atom is 0.108 e. The Bertz CT molecular complexity index is 690. The second-order valence-corrected chi connectivity index (χ2v) is 13.6. The molecule has 3 heteroatoms. The van der Waals surface area contributed by atoms with Gasteiger partial charge in [-0.05, 0) is 30.9 Å². The summed E-state index contributed by atoms with van der Waals surface area (Å²) in [5, 5.41) is 1.61. The van der Waals surface area contributed by atoms with E-state index in [0.29, 0.717) is 12.1 Å². The van der Waals surface area contributed by atoms with E-state index in [0.717, 1.165) is 0 Å². The van der Waals surface area contributed by atoms with Crippen LogP contribution in [0.2, 0.25) is 0 Å². The van der Waals surface area contributed by atoms with Gasteiger partial charge < -0.3 is 9.80 Å². The molecule has 150 valence electrons. The van der Waals surface area contributed by atoms with E-state index < -0.39 is 7.26 Å². The second-order valence-electron chi connectivity index (χ2n) is 9.25. The molecule has 0 aliphatic carbocycles. The van der Waals surface area contributed by atoms with Gasteiger partial charge in [-0.15, -0.1) is 0 Å². The van der Waals surface area contributed by atoms with E-state index in [2.05, 4.69) is 88.5 Å². The SMILES string of the molecule is CCCCC[P+](C)(C)c1ccc2c(c1)N1C=CN(C)C1C(C)C2(CC)CC. The van der Waals surface area contributed by atoms with E-state index in [1.54, 1.807) is 10.9 Å². The molecule has 1 aromatic rings. The summed E-state index contributed by atoms with van der Waals surface area (Å²) >= 11 is 0. The van der Waals surface area contributed by atoms with E-state index in [-0.39, 0.29) is 5.41 Å². The molecule has 0 radical (unpaired) electrons. The molecule has 0 aromatic heterocycles. The van der Waals surface area contributed by atoms with Gasteiger partial charge in [0.05, 0.1) is 30.5 Å². The van der Waals surface area contributed by atoms with Crippen LogP contribution in [0.5, 0.6) is 0 Å². The van der Waals surface area contributed by atoms with Gasteiger partial charge in [-0.2, -0.15) is 0 Å². The zero-order valence-electron chi connectivity index (χ0n) is 18.6. The largest absolute Gasteiger partial charge is 0.358 e. The van der Waals surface area contributed by atoms with Gasteiger partial charge in [0.2, 0.25) is 0 Å². The average Bonchev–Trinajstić information content (AvgIpc) is 3.04. The first-order valence-electron chi connectivity index (χ1n) is 11.0. The predicted octanol–water partition coefficient (Wildman–Crippen LogP) is 6.04. The molecule has 27 heavy (non-hydrogen) atoms. The van der Waals surface area contributed by atoms with E-state index in [9.17, 15) is 0 Å². The minimum atomic E-state index is -1.06. The van der Waals surface area contributed by atoms with Gasteiger partial charge in [0.25, 0.3) is 0 Å². The lowest BCUT2D eigenvalue weighted by Gasteiger charge is -2.52. The number of anilines is 1. The predicted molar refractivity (Wildman–Crippen MR) is 124 cm³/mol. The third-order valence-corrected chi connectivity index (χ3v) is 10.7. The highest BCUT2D eigenvalue weighted by atomic mass is 31.2. The van der Waals surface area contributed by atoms with E-state index in [4.69, 9.17) is 0 Å². The molecule has 0 spiro atoms. The highest BCUT2D eigenvalue weighted by Gasteiger charge is 2.49. The van der Waals surface area contributed by atoms with Crippen molar-refractivity contribution in [1.82, 2.24) is 4.90 Å². The summed E-state index contributed by atoms with van der Waals surface area (Å²) in [6.45, 7) is 14.6. The van der Waals surface area contributed by atoms with Crippen LogP contribution < -0.4 is 10.2 Å². The Morgan fingerprint density at radius 3 is 2.37 bits per heavy atom. The minimum absolute atomic E-state index is 0.278. The molecule has 2 unspecified atom stereocenters. The summed E-state index contributed by atoms with van der Waals surface area (Å²) in [5.41, 5.74) is 3.33. The Balaban J connectivity index is 2.06. The maximum atomic E-state index is 2.57. The lowest BCUT2D eigenvalue weighted by Crippen LogP contribution is -2.54. The summed E-state index contributed by atoms with van der Waals surface area (Å²) < 4.78 is 0. The highest BCUT2D eigenvalue weighted by Crippen LogP contribution is 2.55. The number of unbranched alkanes of at least 4 members (excludes halogenated alkanes) is 2. The summed E-state index contributed by atoms with van der Waals surface area (Å²) in [7, 11) is 1.18. The lowest BCUT2D eigenvalue weighted by atomic mass is 9.63. The molecule has 0 fully saturated rings. The van der Waals surface area contributed by atoms with Gasteiger partial charge in [-0.1, -0.05) is 46.6 Å². The number of hydrogen-bond donors (Lipinski definition) is 0. The van der Waals surface area contributed by atoms with Crippen LogP contribution in [0.15, 0.2) is 30.6 Å². The fourth-order valence-corrected chi connectivity index (χ4v) is 7.81. The fraction of sp³-hybridized carbons (Fsp3) is 0.667. The third kappa shape index (κ3) is 3.33. The average molecular weight is 388 g/mol. The molecule has 2 atom stereocenters. The van der Waals surface area contributed by atoms with Crippen molar-refractivity contribution in [2.24, 2.45) is 5.92 Å². The molecule has 2 aliphatic rings. The van der Waals surface area contributed by atoms with Crippen molar-refractivity contribution < 1.29 is 0 Å². The zero-order chi connectivity index (χ0) is 19.8. The Morgan fingerprint density at radius 2 is 1.74 bits per heavy atom. The topological polar surface area (TPSA) is 6.48 Å². The van der Waals surface area contributed by atoms with E-state index in [1.165, 1.54) is 44.0 Å². The highest BCUT2D eigenvalue weighted by molar-refractivity contribution is 7.81. The quantitative estimate of drug-likeness (QED) is 0.416. The van der Waals surface area contributed by atoms with Crippen molar-refractivity contribution in [1.29, 1.82) is 0 Å². The van der Waals surface area contributed by atoms with Crippen molar-refractivity contribution in [3.05, 3.63) is 36.2 Å². The van der Waals surface area contributed by atoms with Crippen LogP contribution >= 0.6 is 7.26 Å². The van der Waals surface area contributed by atoms with E-state index in [1.807, 2.05) is 0 Å². The van der Waals surface area contributed by atoms with Crippen LogP contribution in [0.3, 0.4) is 0 Å². The van der Waals surface area contributed by atoms with Crippen LogP contribution in [0.25, 0.3) is 0 Å². The first-order chi connectivity index (χ1) is 12.8. The smallest absolute Gasteiger partial charge is 0.108 e. The molecule has 0 saturated heterocycles. The van der Waals surface area contributed by atoms with Gasteiger partial charge in [-0.25, -0.2) is 0 Å². The lowest BCUT2D eigenvalue weighted by molar-refractivity contribution is 0.147. The Labute approximate surface area is 168 Å². The standard InChI is InChI=1S/C24H40N2P/c1-8-11-12-17-27(6,7)20-13-14-21-22(18-20)26-16-15-25(5)23(26)19(4)24(21,9-2)10-3/h13-16,18-19,23H,8-12,17H2,1-7H3/q+1. The maximum absolute atomic E-state index is 2.57. The summed E-state index contributed by atoms with van der Waals surface area (Å²) in [6.07, 6.45) is 12.9. The third-order valence-electron chi connectivity index (χ3n) is 7.56. The molecule has 2 heterocycles. The molecule has 3 rings (SSSR count). The van der Waals surface area contributed by atoms with Crippen molar-refractivity contribution in [3.63, 3.8) is 0 Å². The van der Waals surface area contributed by atoms with Gasteiger partial charge >= 0.3 is 0 Å². The molecule has 2 nitrogen and oxygen atoms in total. The Hall–Kier alpha value is -1.01. The minimum Gasteiger partial charge on any atom is -0.358 e. The molecule has 0 bridgehead atoms. The molecular weight excluding hydrogens is 347 g/mol. The normalized spacial score (nSPS) is 23.5. The Morgan fingerprint density at radius 1 is 1.04 bits per heavy atom. The van der Waals surface area contributed by atoms with Crippen LogP contribution in [0.4, 0.5) is 5.69 Å². The summed E-state index contributed by atoms with van der Waals surface area (Å²) in [6, 6.07) is 7.55. The number of rotatable bonds is 7. The Kier molecular flexibility index (Phi) is 5.97. The monoisotopic (exact) mass is 387 g/mol. The van der Waals surface area contributed by atoms with E-state index >= 15 is 0 Å². The molecule has 0 N–H and O–H groups in total. The molecule has 1 aromatic carbocycles. The van der Waals surface area contributed by atoms with Gasteiger partial charge in [-0.3, -0.25) is 0 Å². The number of hydrogen-bond acceptors (Lipinski definition) is 2. The van der Waals surface area contributed by atoms with Crippen LogP contribution in [0, 0.1) is 5.92 Å². The zero-order valence-corrected chi connectivity index (χ0v) is 19.5. The molecule has 2 aliphatic heterocycles. The van der Waals surface area contributed by atoms with Crippen LogP contribution in [0.1, 0.15) is 65.4 Å². The fourth-order valence-electron chi connectivity index (χ4n) is 5.59. The molecule has 0 amide bonds.